The zero-order valence-electron chi connectivity index (χ0n) is 9.72. The minimum absolute atomic E-state index is 0.0618. The van der Waals surface area contributed by atoms with Crippen molar-refractivity contribution in [1.82, 2.24) is 4.98 Å². The quantitative estimate of drug-likeness (QED) is 0.800. The van der Waals surface area contributed by atoms with Crippen LogP contribution >= 0.6 is 23.2 Å². The van der Waals surface area contributed by atoms with Crippen LogP contribution in [0.4, 0.5) is 5.69 Å². The number of hydrogen-bond donors (Lipinski definition) is 3. The summed E-state index contributed by atoms with van der Waals surface area (Å²) in [5.74, 6) is -1.26. The second-order valence-electron chi connectivity index (χ2n) is 3.76. The van der Waals surface area contributed by atoms with Gasteiger partial charge in [0, 0.05) is 6.20 Å². The number of hydrogen-bond acceptors (Lipinski definition) is 3. The lowest BCUT2D eigenvalue weighted by molar-refractivity contribution is 0.0691. The van der Waals surface area contributed by atoms with Gasteiger partial charge in [-0.1, -0.05) is 29.3 Å². The van der Waals surface area contributed by atoms with Gasteiger partial charge in [-0.25, -0.2) is 13.2 Å². The van der Waals surface area contributed by atoms with Crippen molar-refractivity contribution >= 4 is 44.9 Å². The van der Waals surface area contributed by atoms with Gasteiger partial charge in [-0.15, -0.1) is 0 Å². The van der Waals surface area contributed by atoms with E-state index < -0.39 is 16.0 Å². The van der Waals surface area contributed by atoms with Crippen molar-refractivity contribution in [2.75, 3.05) is 4.72 Å². The standard InChI is InChI=1S/C11H8Cl2N2O4S/c12-7-2-1-3-8(10(7)13)15-20(18,19)6-4-9(11(16)17)14-5-6/h1-5,14-15H,(H,16,17). The van der Waals surface area contributed by atoms with Crippen LogP contribution in [-0.4, -0.2) is 24.5 Å². The van der Waals surface area contributed by atoms with Gasteiger partial charge in [0.05, 0.1) is 15.7 Å². The molecule has 9 heteroatoms. The number of sulfonamides is 1. The third kappa shape index (κ3) is 2.90. The highest BCUT2D eigenvalue weighted by Crippen LogP contribution is 2.31. The van der Waals surface area contributed by atoms with Crippen LogP contribution in [0.15, 0.2) is 35.4 Å². The first kappa shape index (κ1) is 14.7. The van der Waals surface area contributed by atoms with Crippen molar-refractivity contribution < 1.29 is 18.3 Å². The lowest BCUT2D eigenvalue weighted by Gasteiger charge is -2.08. The zero-order valence-corrected chi connectivity index (χ0v) is 12.1. The molecule has 0 aliphatic rings. The van der Waals surface area contributed by atoms with E-state index in [0.29, 0.717) is 0 Å². The first-order valence-corrected chi connectivity index (χ1v) is 7.44. The van der Waals surface area contributed by atoms with Gasteiger partial charge in [-0.05, 0) is 18.2 Å². The Morgan fingerprint density at radius 2 is 2.00 bits per heavy atom. The average molecular weight is 335 g/mol. The zero-order chi connectivity index (χ0) is 14.9. The molecule has 0 amide bonds. The maximum Gasteiger partial charge on any atom is 0.352 e. The van der Waals surface area contributed by atoms with Crippen molar-refractivity contribution in [3.63, 3.8) is 0 Å². The first-order valence-electron chi connectivity index (χ1n) is 5.20. The smallest absolute Gasteiger partial charge is 0.352 e. The Balaban J connectivity index is 2.35. The Hall–Kier alpha value is -1.70. The van der Waals surface area contributed by atoms with Crippen molar-refractivity contribution in [1.29, 1.82) is 0 Å². The summed E-state index contributed by atoms with van der Waals surface area (Å²) >= 11 is 11.7. The second kappa shape index (κ2) is 5.35. The van der Waals surface area contributed by atoms with Gasteiger partial charge in [-0.2, -0.15) is 0 Å². The molecule has 20 heavy (non-hydrogen) atoms. The molecule has 0 saturated heterocycles. The minimum Gasteiger partial charge on any atom is -0.477 e. The molecule has 0 aliphatic carbocycles. The molecule has 6 nitrogen and oxygen atoms in total. The number of carboxylic acid groups (broad SMARTS) is 1. The molecule has 2 aromatic rings. The normalized spacial score (nSPS) is 11.3. The van der Waals surface area contributed by atoms with E-state index in [9.17, 15) is 13.2 Å². The van der Waals surface area contributed by atoms with E-state index in [1.807, 2.05) is 0 Å². The number of halogens is 2. The van der Waals surface area contributed by atoms with Crippen LogP contribution in [0.5, 0.6) is 0 Å². The van der Waals surface area contributed by atoms with Crippen LogP contribution < -0.4 is 4.72 Å². The summed E-state index contributed by atoms with van der Waals surface area (Å²) < 4.78 is 26.4. The van der Waals surface area contributed by atoms with Crippen molar-refractivity contribution in [2.45, 2.75) is 4.90 Å². The number of carbonyl (C=O) groups is 1. The molecule has 0 fully saturated rings. The van der Waals surface area contributed by atoms with Gasteiger partial charge in [-0.3, -0.25) is 4.72 Å². The maximum atomic E-state index is 12.1. The number of benzene rings is 1. The Kier molecular flexibility index (Phi) is 3.94. The summed E-state index contributed by atoms with van der Waals surface area (Å²) in [6.45, 7) is 0. The number of H-pyrrole nitrogens is 1. The fraction of sp³-hybridized carbons (Fsp3) is 0. The largest absolute Gasteiger partial charge is 0.477 e. The van der Waals surface area contributed by atoms with E-state index >= 15 is 0 Å². The highest BCUT2D eigenvalue weighted by molar-refractivity contribution is 7.92. The molecule has 1 aromatic carbocycles. The highest BCUT2D eigenvalue weighted by atomic mass is 35.5. The van der Waals surface area contributed by atoms with Crippen LogP contribution in [0, 0.1) is 0 Å². The summed E-state index contributed by atoms with van der Waals surface area (Å²) in [7, 11) is -3.95. The number of nitrogens with one attached hydrogen (secondary N) is 2. The van der Waals surface area contributed by atoms with Crippen molar-refractivity contribution in [2.24, 2.45) is 0 Å². The van der Waals surface area contributed by atoms with Crippen molar-refractivity contribution in [3.05, 3.63) is 46.2 Å². The second-order valence-corrected chi connectivity index (χ2v) is 6.23. The topological polar surface area (TPSA) is 99.3 Å². The molecule has 0 saturated carbocycles. The molecule has 1 heterocycles. The molecule has 0 bridgehead atoms. The lowest BCUT2D eigenvalue weighted by atomic mass is 10.3. The molecule has 0 radical (unpaired) electrons. The molecule has 3 N–H and O–H groups in total. The molecule has 0 aliphatic heterocycles. The Bertz CT molecular complexity index is 770. The van der Waals surface area contributed by atoms with Gasteiger partial charge >= 0.3 is 5.97 Å². The predicted octanol–water partition coefficient (Wildman–Crippen LogP) is 2.82. The molecular weight excluding hydrogens is 327 g/mol. The van der Waals surface area contributed by atoms with E-state index in [2.05, 4.69) is 9.71 Å². The lowest BCUT2D eigenvalue weighted by Crippen LogP contribution is -2.12. The molecule has 0 spiro atoms. The molecule has 1 aromatic heterocycles. The number of rotatable bonds is 4. The van der Waals surface area contributed by atoms with Gasteiger partial charge in [0.15, 0.2) is 0 Å². The number of anilines is 1. The molecule has 0 atom stereocenters. The molecule has 0 unspecified atom stereocenters. The fourth-order valence-corrected chi connectivity index (χ4v) is 2.91. The summed E-state index contributed by atoms with van der Waals surface area (Å²) in [4.78, 5) is 12.8. The van der Waals surface area contributed by atoms with Gasteiger partial charge in [0.2, 0.25) is 0 Å². The first-order chi connectivity index (χ1) is 9.31. The minimum atomic E-state index is -3.95. The number of aromatic carboxylic acids is 1. The highest BCUT2D eigenvalue weighted by Gasteiger charge is 2.19. The summed E-state index contributed by atoms with van der Waals surface area (Å²) in [6, 6.07) is 5.49. The Morgan fingerprint density at radius 1 is 1.30 bits per heavy atom. The predicted molar refractivity (Wildman–Crippen MR) is 75.0 cm³/mol. The maximum absolute atomic E-state index is 12.1. The van der Waals surface area contributed by atoms with E-state index in [4.69, 9.17) is 28.3 Å². The average Bonchev–Trinajstić information content (AvgIpc) is 2.85. The number of aromatic nitrogens is 1. The van der Waals surface area contributed by atoms with Crippen LogP contribution in [-0.2, 0) is 10.0 Å². The van der Waals surface area contributed by atoms with E-state index in [0.717, 1.165) is 12.3 Å². The van der Waals surface area contributed by atoms with E-state index in [1.54, 1.807) is 0 Å². The van der Waals surface area contributed by atoms with E-state index in [-0.39, 0.29) is 26.3 Å². The molecule has 2 rings (SSSR count). The van der Waals surface area contributed by atoms with Crippen LogP contribution in [0.3, 0.4) is 0 Å². The van der Waals surface area contributed by atoms with Gasteiger partial charge in [0.1, 0.15) is 10.6 Å². The number of aromatic amines is 1. The summed E-state index contributed by atoms with van der Waals surface area (Å²) in [5.41, 5.74) is -0.125. The van der Waals surface area contributed by atoms with Gasteiger partial charge in [0.25, 0.3) is 10.0 Å². The Morgan fingerprint density at radius 3 is 2.60 bits per heavy atom. The summed E-state index contributed by atoms with van der Waals surface area (Å²) in [6.07, 6.45) is 1.07. The third-order valence-electron chi connectivity index (χ3n) is 2.39. The fourth-order valence-electron chi connectivity index (χ4n) is 1.44. The van der Waals surface area contributed by atoms with Crippen LogP contribution in [0.2, 0.25) is 10.0 Å². The van der Waals surface area contributed by atoms with E-state index in [1.165, 1.54) is 18.2 Å². The monoisotopic (exact) mass is 334 g/mol. The molecule has 106 valence electrons. The van der Waals surface area contributed by atoms with Crippen LogP contribution in [0.1, 0.15) is 10.5 Å². The third-order valence-corrected chi connectivity index (χ3v) is 4.56. The molecular formula is C11H8Cl2N2O4S. The van der Waals surface area contributed by atoms with Gasteiger partial charge < -0.3 is 10.1 Å². The summed E-state index contributed by atoms with van der Waals surface area (Å²) in [5, 5.41) is 9.01. The SMILES string of the molecule is O=C(O)c1cc(S(=O)(=O)Nc2cccc(Cl)c2Cl)c[nH]1. The number of carboxylic acids is 1. The van der Waals surface area contributed by atoms with Crippen LogP contribution in [0.25, 0.3) is 0 Å². The van der Waals surface area contributed by atoms with Crippen molar-refractivity contribution in [3.8, 4) is 0 Å². The Labute approximate surface area is 124 Å².